The molecule has 4 nitrogen and oxygen atoms in total. The normalized spacial score (nSPS) is 10.2. The van der Waals surface area contributed by atoms with Crippen molar-refractivity contribution in [3.8, 4) is 11.5 Å². The number of phenols is 2. The van der Waals surface area contributed by atoms with E-state index in [1.807, 2.05) is 0 Å². The van der Waals surface area contributed by atoms with Crippen LogP contribution in [0.25, 0.3) is 21.8 Å². The second-order valence-corrected chi connectivity index (χ2v) is 6.81. The molecular weight excluding hydrogens is 613 g/mol. The van der Waals surface area contributed by atoms with Gasteiger partial charge < -0.3 is 10.2 Å². The molecule has 0 radical (unpaired) electrons. The van der Waals surface area contributed by atoms with Crippen LogP contribution in [-0.2, 0) is 21.1 Å². The van der Waals surface area contributed by atoms with Crippen LogP contribution in [0.15, 0.2) is 48.8 Å². The first-order chi connectivity index (χ1) is 12.4. The minimum Gasteiger partial charge on any atom is -0.504 e. The third kappa shape index (κ3) is 4.59. The van der Waals surface area contributed by atoms with Crippen molar-refractivity contribution in [1.82, 2.24) is 9.97 Å². The maximum atomic E-state index is 9.53. The fourth-order valence-corrected chi connectivity index (χ4v) is 3.35. The van der Waals surface area contributed by atoms with Crippen LogP contribution in [0.5, 0.6) is 11.5 Å². The van der Waals surface area contributed by atoms with E-state index in [1.165, 1.54) is 12.1 Å². The standard InChI is InChI=1S/2C9H5Cl2NO.Pt/c2*10-6-4-7(11)9(13)8-5(6)2-1-3-12-8;/h2*1-4,13H;. The van der Waals surface area contributed by atoms with E-state index < -0.39 is 0 Å². The maximum absolute atomic E-state index is 9.53. The smallest absolute Gasteiger partial charge is 0.160 e. The molecular formula is C18H10Cl4N2O2Pt. The fraction of sp³-hybridized carbons (Fsp3) is 0. The van der Waals surface area contributed by atoms with Gasteiger partial charge in [-0.05, 0) is 36.4 Å². The summed E-state index contributed by atoms with van der Waals surface area (Å²) in [5, 5.41) is 21.9. The number of aromatic hydroxyl groups is 2. The van der Waals surface area contributed by atoms with Crippen molar-refractivity contribution in [2.24, 2.45) is 0 Å². The molecule has 4 rings (SSSR count). The number of fused-ring (bicyclic) bond motifs is 2. The van der Waals surface area contributed by atoms with Crippen molar-refractivity contribution in [2.45, 2.75) is 0 Å². The van der Waals surface area contributed by atoms with Crippen LogP contribution in [0.3, 0.4) is 0 Å². The summed E-state index contributed by atoms with van der Waals surface area (Å²) >= 11 is 23.2. The number of benzene rings is 2. The van der Waals surface area contributed by atoms with Crippen molar-refractivity contribution in [1.29, 1.82) is 0 Å². The summed E-state index contributed by atoms with van der Waals surface area (Å²) in [5.41, 5.74) is 0.861. The van der Waals surface area contributed by atoms with Gasteiger partial charge in [0.05, 0.1) is 20.1 Å². The van der Waals surface area contributed by atoms with Crippen molar-refractivity contribution in [2.75, 3.05) is 0 Å². The van der Waals surface area contributed by atoms with Crippen LogP contribution < -0.4 is 0 Å². The Balaban J connectivity index is 0.000000187. The number of pyridine rings is 2. The predicted octanol–water partition coefficient (Wildman–Crippen LogP) is 6.49. The van der Waals surface area contributed by atoms with Gasteiger partial charge in [0.15, 0.2) is 11.5 Å². The van der Waals surface area contributed by atoms with Gasteiger partial charge in [0, 0.05) is 44.2 Å². The van der Waals surface area contributed by atoms with E-state index in [0.717, 1.165) is 0 Å². The van der Waals surface area contributed by atoms with Gasteiger partial charge >= 0.3 is 0 Å². The van der Waals surface area contributed by atoms with Crippen LogP contribution in [0.4, 0.5) is 0 Å². The number of rotatable bonds is 0. The van der Waals surface area contributed by atoms with Crippen molar-refractivity contribution in [3.05, 3.63) is 68.9 Å². The van der Waals surface area contributed by atoms with Gasteiger partial charge in [0.1, 0.15) is 11.0 Å². The van der Waals surface area contributed by atoms with E-state index in [4.69, 9.17) is 46.4 Å². The molecule has 0 unspecified atom stereocenters. The molecule has 2 heterocycles. The Morgan fingerprint density at radius 3 is 1.37 bits per heavy atom. The Hall–Kier alpha value is -1.29. The van der Waals surface area contributed by atoms with Crippen LogP contribution >= 0.6 is 46.4 Å². The molecule has 0 aliphatic rings. The molecule has 0 saturated carbocycles. The summed E-state index contributed by atoms with van der Waals surface area (Å²) in [6.07, 6.45) is 3.16. The molecule has 9 heteroatoms. The summed E-state index contributed by atoms with van der Waals surface area (Å²) in [6, 6.07) is 10.1. The van der Waals surface area contributed by atoms with Gasteiger partial charge in [0.25, 0.3) is 0 Å². The van der Waals surface area contributed by atoms with E-state index in [9.17, 15) is 10.2 Å². The molecule has 0 atom stereocenters. The quantitative estimate of drug-likeness (QED) is 0.235. The third-order valence-corrected chi connectivity index (χ3v) is 4.74. The molecule has 0 saturated heterocycles. The van der Waals surface area contributed by atoms with Crippen molar-refractivity contribution in [3.63, 3.8) is 0 Å². The SMILES string of the molecule is Oc1c(Cl)cc(Cl)c2cccnc12.Oc1c(Cl)cc(Cl)c2cccnc12.[Pt]. The zero-order valence-corrected chi connectivity index (χ0v) is 18.5. The topological polar surface area (TPSA) is 66.2 Å². The van der Waals surface area contributed by atoms with Crippen LogP contribution in [-0.4, -0.2) is 20.2 Å². The molecule has 0 aliphatic heterocycles. The second-order valence-electron chi connectivity index (χ2n) is 5.18. The zero-order valence-electron chi connectivity index (χ0n) is 13.2. The number of aromatic nitrogens is 2. The van der Waals surface area contributed by atoms with E-state index in [-0.39, 0.29) is 42.6 Å². The molecule has 0 bridgehead atoms. The molecule has 0 spiro atoms. The van der Waals surface area contributed by atoms with E-state index in [0.29, 0.717) is 31.9 Å². The number of nitrogens with zero attached hydrogens (tertiary/aromatic N) is 2. The van der Waals surface area contributed by atoms with Crippen LogP contribution in [0.1, 0.15) is 0 Å². The Morgan fingerprint density at radius 2 is 1.00 bits per heavy atom. The number of hydrogen-bond donors (Lipinski definition) is 2. The Labute approximate surface area is 188 Å². The molecule has 2 aromatic carbocycles. The van der Waals surface area contributed by atoms with Crippen LogP contribution in [0, 0.1) is 0 Å². The molecule has 0 aliphatic carbocycles. The summed E-state index contributed by atoms with van der Waals surface area (Å²) in [4.78, 5) is 7.97. The average molecular weight is 623 g/mol. The van der Waals surface area contributed by atoms with Crippen molar-refractivity contribution < 1.29 is 31.3 Å². The third-order valence-electron chi connectivity index (χ3n) is 3.54. The van der Waals surface area contributed by atoms with E-state index >= 15 is 0 Å². The van der Waals surface area contributed by atoms with Gasteiger partial charge in [-0.15, -0.1) is 0 Å². The van der Waals surface area contributed by atoms with Gasteiger partial charge in [-0.1, -0.05) is 46.4 Å². The summed E-state index contributed by atoms with van der Waals surface area (Å²) in [5.74, 6) is -0.0525. The van der Waals surface area contributed by atoms with Crippen molar-refractivity contribution >= 4 is 68.2 Å². The molecule has 2 N–H and O–H groups in total. The molecule has 27 heavy (non-hydrogen) atoms. The summed E-state index contributed by atoms with van der Waals surface area (Å²) in [7, 11) is 0. The first-order valence-corrected chi connectivity index (χ1v) is 8.74. The van der Waals surface area contributed by atoms with Gasteiger partial charge in [0.2, 0.25) is 0 Å². The van der Waals surface area contributed by atoms with Gasteiger partial charge in [-0.3, -0.25) is 9.97 Å². The van der Waals surface area contributed by atoms with E-state index in [2.05, 4.69) is 9.97 Å². The molecule has 4 aromatic rings. The maximum Gasteiger partial charge on any atom is 0.160 e. The van der Waals surface area contributed by atoms with E-state index in [1.54, 1.807) is 36.7 Å². The second kappa shape index (κ2) is 9.27. The Kier molecular flexibility index (Phi) is 7.55. The number of phenolic OH excluding ortho intramolecular Hbond substituents is 2. The summed E-state index contributed by atoms with van der Waals surface area (Å²) < 4.78 is 0. The number of halogens is 4. The van der Waals surface area contributed by atoms with Gasteiger partial charge in [-0.2, -0.15) is 0 Å². The minimum atomic E-state index is -0.0262. The summed E-state index contributed by atoms with van der Waals surface area (Å²) in [6.45, 7) is 0. The van der Waals surface area contributed by atoms with Crippen LogP contribution in [0.2, 0.25) is 20.1 Å². The Bertz CT molecular complexity index is 1040. The largest absolute Gasteiger partial charge is 0.504 e. The molecule has 2 aromatic heterocycles. The molecule has 0 amide bonds. The predicted molar refractivity (Wildman–Crippen MR) is 107 cm³/mol. The monoisotopic (exact) mass is 621 g/mol. The number of hydrogen-bond acceptors (Lipinski definition) is 4. The average Bonchev–Trinajstić information content (AvgIpc) is 2.65. The zero-order chi connectivity index (χ0) is 18.8. The first-order valence-electron chi connectivity index (χ1n) is 7.23. The van der Waals surface area contributed by atoms with Gasteiger partial charge in [-0.25, -0.2) is 0 Å². The molecule has 0 fully saturated rings. The minimum absolute atomic E-state index is 0. The molecule has 142 valence electrons. The fourth-order valence-electron chi connectivity index (χ4n) is 2.31. The first kappa shape index (κ1) is 22.0. The Morgan fingerprint density at radius 1 is 0.630 bits per heavy atom.